The number of H-pyrrole nitrogens is 1. The highest BCUT2D eigenvalue weighted by molar-refractivity contribution is 5.92. The average molecular weight is 331 g/mol. The Morgan fingerprint density at radius 1 is 1.12 bits per heavy atom. The van der Waals surface area contributed by atoms with Crippen LogP contribution in [0.1, 0.15) is 34.5 Å². The Morgan fingerprint density at radius 2 is 1.92 bits per heavy atom. The average Bonchev–Trinajstić information content (AvgIpc) is 3.12. The zero-order chi connectivity index (χ0) is 17.4. The summed E-state index contributed by atoms with van der Waals surface area (Å²) in [4.78, 5) is 12.3. The molecule has 0 saturated carbocycles. The van der Waals surface area contributed by atoms with Crippen LogP contribution in [0.2, 0.25) is 0 Å². The van der Waals surface area contributed by atoms with Gasteiger partial charge in [-0.3, -0.25) is 9.89 Å². The summed E-state index contributed by atoms with van der Waals surface area (Å²) < 4.78 is 0. The first kappa shape index (κ1) is 15.6. The Labute approximate surface area is 147 Å². The van der Waals surface area contributed by atoms with Crippen LogP contribution < -0.4 is 5.32 Å². The highest BCUT2D eigenvalue weighted by Crippen LogP contribution is 2.37. The minimum absolute atomic E-state index is 0.0375. The van der Waals surface area contributed by atoms with E-state index in [1.54, 1.807) is 0 Å². The first-order chi connectivity index (χ1) is 12.1. The second kappa shape index (κ2) is 6.20. The van der Waals surface area contributed by atoms with Crippen LogP contribution in [0.15, 0.2) is 42.5 Å². The summed E-state index contributed by atoms with van der Waals surface area (Å²) in [5.41, 5.74) is 9.24. The number of anilines is 1. The van der Waals surface area contributed by atoms with Gasteiger partial charge in [0.1, 0.15) is 0 Å². The molecule has 2 N–H and O–H groups in total. The van der Waals surface area contributed by atoms with Crippen molar-refractivity contribution in [3.63, 3.8) is 0 Å². The number of hydrogen-bond donors (Lipinski definition) is 2. The molecule has 1 aliphatic rings. The van der Waals surface area contributed by atoms with E-state index in [-0.39, 0.29) is 5.91 Å². The second-order valence-electron chi connectivity index (χ2n) is 6.67. The quantitative estimate of drug-likeness (QED) is 0.590. The van der Waals surface area contributed by atoms with E-state index in [1.807, 2.05) is 19.9 Å². The highest BCUT2D eigenvalue weighted by Gasteiger charge is 2.18. The number of carbonyl (C=O) groups is 1. The van der Waals surface area contributed by atoms with E-state index in [1.165, 1.54) is 22.3 Å². The van der Waals surface area contributed by atoms with Crippen LogP contribution in [0, 0.1) is 13.8 Å². The van der Waals surface area contributed by atoms with Crippen molar-refractivity contribution in [3.8, 4) is 11.1 Å². The van der Waals surface area contributed by atoms with Gasteiger partial charge in [0.2, 0.25) is 5.91 Å². The van der Waals surface area contributed by atoms with Crippen molar-refractivity contribution in [2.45, 2.75) is 33.1 Å². The Balaban J connectivity index is 1.44. The molecule has 4 nitrogen and oxygen atoms in total. The molecule has 1 heterocycles. The van der Waals surface area contributed by atoms with E-state index in [4.69, 9.17) is 0 Å². The number of amides is 1. The molecule has 2 aromatic carbocycles. The summed E-state index contributed by atoms with van der Waals surface area (Å²) in [7, 11) is 0. The summed E-state index contributed by atoms with van der Waals surface area (Å²) in [5, 5.41) is 10.2. The number of aromatic nitrogens is 2. The number of aryl methyl sites for hydroxylation is 2. The van der Waals surface area contributed by atoms with E-state index in [9.17, 15) is 4.79 Å². The second-order valence-corrected chi connectivity index (χ2v) is 6.67. The molecule has 0 fully saturated rings. The largest absolute Gasteiger partial charge is 0.326 e. The first-order valence-electron chi connectivity index (χ1n) is 8.63. The molecule has 0 radical (unpaired) electrons. The van der Waals surface area contributed by atoms with Crippen molar-refractivity contribution in [2.75, 3.05) is 5.32 Å². The first-order valence-corrected chi connectivity index (χ1v) is 8.63. The highest BCUT2D eigenvalue weighted by atomic mass is 16.1. The lowest BCUT2D eigenvalue weighted by Crippen LogP contribution is -2.12. The Kier molecular flexibility index (Phi) is 3.88. The lowest BCUT2D eigenvalue weighted by atomic mass is 10.1. The van der Waals surface area contributed by atoms with Gasteiger partial charge in [-0.25, -0.2) is 0 Å². The van der Waals surface area contributed by atoms with Gasteiger partial charge in [0.15, 0.2) is 0 Å². The van der Waals surface area contributed by atoms with Crippen molar-refractivity contribution < 1.29 is 4.79 Å². The Morgan fingerprint density at radius 3 is 2.72 bits per heavy atom. The molecule has 0 saturated heterocycles. The summed E-state index contributed by atoms with van der Waals surface area (Å²) in [5.74, 6) is 0.0375. The maximum atomic E-state index is 12.3. The van der Waals surface area contributed by atoms with Gasteiger partial charge in [-0.15, -0.1) is 0 Å². The van der Waals surface area contributed by atoms with Gasteiger partial charge in [-0.2, -0.15) is 5.10 Å². The molecule has 0 aliphatic heterocycles. The van der Waals surface area contributed by atoms with Gasteiger partial charge in [-0.1, -0.05) is 30.3 Å². The smallest absolute Gasteiger partial charge is 0.224 e. The standard InChI is InChI=1S/C21H21N3O/c1-13-18(14(2)24-23-13)9-10-21(25)22-17-7-8-20-16(12-17)11-15-5-3-4-6-19(15)20/h3-8,12H,9-11H2,1-2H3,(H,22,25)(H,23,24). The molecule has 25 heavy (non-hydrogen) atoms. The van der Waals surface area contributed by atoms with Crippen LogP contribution in [-0.2, 0) is 17.6 Å². The zero-order valence-electron chi connectivity index (χ0n) is 14.5. The van der Waals surface area contributed by atoms with E-state index in [0.717, 1.165) is 29.1 Å². The summed E-state index contributed by atoms with van der Waals surface area (Å²) in [6.45, 7) is 3.96. The number of carbonyl (C=O) groups excluding carboxylic acids is 1. The lowest BCUT2D eigenvalue weighted by molar-refractivity contribution is -0.116. The van der Waals surface area contributed by atoms with E-state index >= 15 is 0 Å². The fraction of sp³-hybridized carbons (Fsp3) is 0.238. The number of hydrogen-bond acceptors (Lipinski definition) is 2. The molecule has 126 valence electrons. The number of nitrogens with zero attached hydrogens (tertiary/aromatic N) is 1. The molecule has 0 unspecified atom stereocenters. The van der Waals surface area contributed by atoms with Crippen LogP contribution in [0.4, 0.5) is 5.69 Å². The maximum absolute atomic E-state index is 12.3. The Bertz CT molecular complexity index is 936. The molecule has 3 aromatic rings. The third-order valence-electron chi connectivity index (χ3n) is 4.96. The minimum Gasteiger partial charge on any atom is -0.326 e. The molecule has 1 aliphatic carbocycles. The lowest BCUT2D eigenvalue weighted by Gasteiger charge is -2.08. The van der Waals surface area contributed by atoms with Crippen LogP contribution in [0.5, 0.6) is 0 Å². The predicted molar refractivity (Wildman–Crippen MR) is 99.7 cm³/mol. The van der Waals surface area contributed by atoms with Gasteiger partial charge >= 0.3 is 0 Å². The van der Waals surface area contributed by atoms with Gasteiger partial charge in [0, 0.05) is 17.8 Å². The van der Waals surface area contributed by atoms with Crippen LogP contribution in [-0.4, -0.2) is 16.1 Å². The van der Waals surface area contributed by atoms with Crippen molar-refractivity contribution in [3.05, 3.63) is 70.5 Å². The predicted octanol–water partition coefficient (Wildman–Crippen LogP) is 4.17. The van der Waals surface area contributed by atoms with Gasteiger partial charge in [-0.05, 0) is 66.6 Å². The van der Waals surface area contributed by atoms with E-state index < -0.39 is 0 Å². The van der Waals surface area contributed by atoms with Gasteiger partial charge in [0.05, 0.1) is 5.69 Å². The molecule has 0 bridgehead atoms. The third kappa shape index (κ3) is 2.95. The van der Waals surface area contributed by atoms with Crippen molar-refractivity contribution >= 4 is 11.6 Å². The topological polar surface area (TPSA) is 57.8 Å². The molecular weight excluding hydrogens is 310 g/mol. The van der Waals surface area contributed by atoms with E-state index in [2.05, 4.69) is 51.9 Å². The normalized spacial score (nSPS) is 11.9. The molecule has 1 aromatic heterocycles. The number of nitrogens with one attached hydrogen (secondary N) is 2. The summed E-state index contributed by atoms with van der Waals surface area (Å²) >= 11 is 0. The molecule has 4 rings (SSSR count). The third-order valence-corrected chi connectivity index (χ3v) is 4.96. The van der Waals surface area contributed by atoms with Crippen LogP contribution in [0.3, 0.4) is 0 Å². The Hall–Kier alpha value is -2.88. The molecule has 0 spiro atoms. The fourth-order valence-corrected chi connectivity index (χ4v) is 3.63. The molecule has 0 atom stereocenters. The van der Waals surface area contributed by atoms with Gasteiger partial charge in [0.25, 0.3) is 0 Å². The maximum Gasteiger partial charge on any atom is 0.224 e. The number of benzene rings is 2. The van der Waals surface area contributed by atoms with Gasteiger partial charge < -0.3 is 5.32 Å². The van der Waals surface area contributed by atoms with Crippen molar-refractivity contribution in [1.29, 1.82) is 0 Å². The SMILES string of the molecule is Cc1n[nH]c(C)c1CCC(=O)Nc1ccc2c(c1)Cc1ccccc1-2. The van der Waals surface area contributed by atoms with Crippen molar-refractivity contribution in [2.24, 2.45) is 0 Å². The monoisotopic (exact) mass is 331 g/mol. The number of fused-ring (bicyclic) bond motifs is 3. The van der Waals surface area contributed by atoms with Crippen molar-refractivity contribution in [1.82, 2.24) is 10.2 Å². The number of aromatic amines is 1. The molecule has 1 amide bonds. The zero-order valence-corrected chi connectivity index (χ0v) is 14.5. The summed E-state index contributed by atoms with van der Waals surface area (Å²) in [6, 6.07) is 14.7. The van der Waals surface area contributed by atoms with Crippen LogP contribution in [0.25, 0.3) is 11.1 Å². The number of rotatable bonds is 4. The minimum atomic E-state index is 0.0375. The van der Waals surface area contributed by atoms with Crippen LogP contribution >= 0.6 is 0 Å². The molecule has 4 heteroatoms. The fourth-order valence-electron chi connectivity index (χ4n) is 3.63. The van der Waals surface area contributed by atoms with E-state index in [0.29, 0.717) is 12.8 Å². The summed E-state index contributed by atoms with van der Waals surface area (Å²) in [6.07, 6.45) is 2.09. The molecular formula is C21H21N3O.